The molecule has 1 saturated heterocycles. The maximum atomic E-state index is 13.4. The van der Waals surface area contributed by atoms with Crippen molar-refractivity contribution in [3.05, 3.63) is 35.1 Å². The van der Waals surface area contributed by atoms with Crippen LogP contribution in [0, 0.1) is 17.1 Å². The van der Waals surface area contributed by atoms with Crippen LogP contribution >= 0.6 is 0 Å². The summed E-state index contributed by atoms with van der Waals surface area (Å²) >= 11 is 0. The number of nitrogens with zero attached hydrogens (tertiary/aromatic N) is 2. The second-order valence-corrected chi connectivity index (χ2v) is 7.13. The number of benzene rings is 1. The third kappa shape index (κ3) is 3.77. The molecule has 1 aliphatic rings. The Labute approximate surface area is 121 Å². The van der Waals surface area contributed by atoms with Crippen LogP contribution in [0.15, 0.2) is 18.2 Å². The summed E-state index contributed by atoms with van der Waals surface area (Å²) in [6.07, 6.45) is 0. The molecule has 1 heterocycles. The number of hydrogen-bond acceptors (Lipinski definition) is 5. The van der Waals surface area contributed by atoms with Gasteiger partial charge in [-0.3, -0.25) is 9.69 Å². The van der Waals surface area contributed by atoms with Crippen molar-refractivity contribution in [1.82, 2.24) is 4.90 Å². The smallest absolute Gasteiger partial charge is 0.321 e. The van der Waals surface area contributed by atoms with Gasteiger partial charge in [-0.15, -0.1) is 0 Å². The average molecular weight is 312 g/mol. The fraction of sp³-hybridized carbons (Fsp3) is 0.385. The van der Waals surface area contributed by atoms with Gasteiger partial charge in [-0.1, -0.05) is 0 Å². The largest absolute Gasteiger partial charge is 0.480 e. The summed E-state index contributed by atoms with van der Waals surface area (Å²) < 4.78 is 36.4. The molecule has 0 saturated carbocycles. The Hall–Kier alpha value is -1.98. The number of carboxylic acid groups (broad SMARTS) is 1. The summed E-state index contributed by atoms with van der Waals surface area (Å²) in [7, 11) is -3.37. The highest BCUT2D eigenvalue weighted by Crippen LogP contribution is 2.17. The molecule has 1 aromatic carbocycles. The quantitative estimate of drug-likeness (QED) is 0.866. The van der Waals surface area contributed by atoms with Crippen LogP contribution in [-0.4, -0.2) is 48.5 Å². The lowest BCUT2D eigenvalue weighted by Crippen LogP contribution is -2.51. The van der Waals surface area contributed by atoms with Gasteiger partial charge in [-0.05, 0) is 23.8 Å². The van der Waals surface area contributed by atoms with E-state index in [1.165, 1.54) is 17.0 Å². The van der Waals surface area contributed by atoms with E-state index in [-0.39, 0.29) is 24.4 Å². The van der Waals surface area contributed by atoms with Gasteiger partial charge < -0.3 is 5.11 Å². The predicted octanol–water partition coefficient (Wildman–Crippen LogP) is 0.381. The molecule has 0 bridgehead atoms. The fourth-order valence-electron chi connectivity index (χ4n) is 2.30. The van der Waals surface area contributed by atoms with Crippen molar-refractivity contribution < 1.29 is 22.7 Å². The molecule has 1 unspecified atom stereocenters. The van der Waals surface area contributed by atoms with Crippen LogP contribution in [0.5, 0.6) is 0 Å². The van der Waals surface area contributed by atoms with E-state index >= 15 is 0 Å². The number of rotatable bonds is 3. The SMILES string of the molecule is N#Cc1cc(F)cc(CN2CCS(=O)(=O)CC2C(=O)O)c1. The zero-order chi connectivity index (χ0) is 15.6. The number of aliphatic carboxylic acids is 1. The van der Waals surface area contributed by atoms with Crippen molar-refractivity contribution in [2.45, 2.75) is 12.6 Å². The normalized spacial score (nSPS) is 21.6. The second kappa shape index (κ2) is 5.79. The first-order valence-electron chi connectivity index (χ1n) is 6.17. The van der Waals surface area contributed by atoms with Crippen molar-refractivity contribution in [2.75, 3.05) is 18.1 Å². The number of carboxylic acids is 1. The van der Waals surface area contributed by atoms with Crippen LogP contribution in [0.4, 0.5) is 4.39 Å². The molecule has 112 valence electrons. The summed E-state index contributed by atoms with van der Waals surface area (Å²) in [6, 6.07) is 4.42. The molecular weight excluding hydrogens is 299 g/mol. The Morgan fingerprint density at radius 2 is 2.19 bits per heavy atom. The number of sulfone groups is 1. The van der Waals surface area contributed by atoms with Crippen LogP contribution < -0.4 is 0 Å². The topological polar surface area (TPSA) is 98.5 Å². The van der Waals surface area contributed by atoms with Crippen molar-refractivity contribution in [2.24, 2.45) is 0 Å². The molecule has 21 heavy (non-hydrogen) atoms. The van der Waals surface area contributed by atoms with Crippen molar-refractivity contribution in [1.29, 1.82) is 5.26 Å². The van der Waals surface area contributed by atoms with E-state index in [9.17, 15) is 17.6 Å². The number of carbonyl (C=O) groups is 1. The minimum atomic E-state index is -3.37. The zero-order valence-corrected chi connectivity index (χ0v) is 11.8. The maximum absolute atomic E-state index is 13.4. The van der Waals surface area contributed by atoms with E-state index in [2.05, 4.69) is 0 Å². The summed E-state index contributed by atoms with van der Waals surface area (Å²) in [5, 5.41) is 17.9. The lowest BCUT2D eigenvalue weighted by molar-refractivity contribution is -0.142. The van der Waals surface area contributed by atoms with Gasteiger partial charge >= 0.3 is 5.97 Å². The van der Waals surface area contributed by atoms with E-state index in [0.29, 0.717) is 5.56 Å². The number of nitriles is 1. The van der Waals surface area contributed by atoms with Gasteiger partial charge in [0.15, 0.2) is 9.84 Å². The number of halogens is 1. The fourth-order valence-corrected chi connectivity index (χ4v) is 3.81. The van der Waals surface area contributed by atoms with Gasteiger partial charge in [0.1, 0.15) is 11.9 Å². The Balaban J connectivity index is 2.24. The van der Waals surface area contributed by atoms with Crippen LogP contribution in [0.25, 0.3) is 0 Å². The van der Waals surface area contributed by atoms with Gasteiger partial charge in [-0.2, -0.15) is 5.26 Å². The second-order valence-electron chi connectivity index (χ2n) is 4.90. The molecule has 0 amide bonds. The monoisotopic (exact) mass is 312 g/mol. The molecule has 0 spiro atoms. The number of hydrogen-bond donors (Lipinski definition) is 1. The third-order valence-electron chi connectivity index (χ3n) is 3.30. The first kappa shape index (κ1) is 15.4. The first-order valence-corrected chi connectivity index (χ1v) is 8.00. The molecular formula is C13H13FN2O4S. The lowest BCUT2D eigenvalue weighted by Gasteiger charge is -2.32. The molecule has 0 aliphatic carbocycles. The summed E-state index contributed by atoms with van der Waals surface area (Å²) in [5.41, 5.74) is 0.582. The van der Waals surface area contributed by atoms with Gasteiger partial charge in [0, 0.05) is 13.1 Å². The molecule has 2 rings (SSSR count). The Morgan fingerprint density at radius 3 is 2.81 bits per heavy atom. The van der Waals surface area contributed by atoms with Gasteiger partial charge in [0.05, 0.1) is 23.1 Å². The Bertz CT molecular complexity index is 711. The highest BCUT2D eigenvalue weighted by Gasteiger charge is 2.35. The van der Waals surface area contributed by atoms with E-state index in [0.717, 1.165) is 6.07 Å². The van der Waals surface area contributed by atoms with Crippen molar-refractivity contribution in [3.63, 3.8) is 0 Å². The van der Waals surface area contributed by atoms with Crippen LogP contribution in [0.2, 0.25) is 0 Å². The van der Waals surface area contributed by atoms with E-state index in [1.807, 2.05) is 6.07 Å². The summed E-state index contributed by atoms with van der Waals surface area (Å²) in [5.74, 6) is -2.39. The molecule has 1 N–H and O–H groups in total. The maximum Gasteiger partial charge on any atom is 0.321 e. The molecule has 6 nitrogen and oxygen atoms in total. The average Bonchev–Trinajstić information content (AvgIpc) is 2.39. The summed E-state index contributed by atoms with van der Waals surface area (Å²) in [4.78, 5) is 12.7. The van der Waals surface area contributed by atoms with Crippen LogP contribution in [0.3, 0.4) is 0 Å². The Morgan fingerprint density at radius 1 is 1.48 bits per heavy atom. The van der Waals surface area contributed by atoms with Gasteiger partial charge in [-0.25, -0.2) is 12.8 Å². The molecule has 1 atom stereocenters. The minimum Gasteiger partial charge on any atom is -0.480 e. The van der Waals surface area contributed by atoms with Crippen molar-refractivity contribution in [3.8, 4) is 6.07 Å². The molecule has 8 heteroatoms. The molecule has 1 aromatic rings. The highest BCUT2D eigenvalue weighted by atomic mass is 32.2. The van der Waals surface area contributed by atoms with Gasteiger partial charge in [0.25, 0.3) is 0 Å². The first-order chi connectivity index (χ1) is 9.80. The van der Waals surface area contributed by atoms with Crippen LogP contribution in [-0.2, 0) is 21.2 Å². The lowest BCUT2D eigenvalue weighted by atomic mass is 10.1. The van der Waals surface area contributed by atoms with E-state index in [1.54, 1.807) is 0 Å². The van der Waals surface area contributed by atoms with Crippen molar-refractivity contribution >= 4 is 15.8 Å². The van der Waals surface area contributed by atoms with E-state index in [4.69, 9.17) is 10.4 Å². The zero-order valence-electron chi connectivity index (χ0n) is 11.0. The third-order valence-corrected chi connectivity index (χ3v) is 4.93. The van der Waals surface area contributed by atoms with Crippen LogP contribution in [0.1, 0.15) is 11.1 Å². The Kier molecular flexibility index (Phi) is 4.25. The van der Waals surface area contributed by atoms with Gasteiger partial charge in [0.2, 0.25) is 0 Å². The standard InChI is InChI=1S/C13H13FN2O4S/c14-11-4-9(6-15)3-10(5-11)7-16-1-2-21(19,20)8-12(16)13(17)18/h3-5,12H,1-2,7-8H2,(H,17,18). The molecule has 0 aromatic heterocycles. The molecule has 0 radical (unpaired) electrons. The predicted molar refractivity (Wildman–Crippen MR) is 71.6 cm³/mol. The minimum absolute atomic E-state index is 0.0672. The highest BCUT2D eigenvalue weighted by molar-refractivity contribution is 7.91. The molecule has 1 fully saturated rings. The molecule has 1 aliphatic heterocycles. The summed E-state index contributed by atoms with van der Waals surface area (Å²) in [6.45, 7) is 0.149. The van der Waals surface area contributed by atoms with E-state index < -0.39 is 33.4 Å².